The van der Waals surface area contributed by atoms with E-state index in [1.165, 1.54) is 0 Å². The van der Waals surface area contributed by atoms with Crippen LogP contribution in [0.25, 0.3) is 0 Å². The summed E-state index contributed by atoms with van der Waals surface area (Å²) >= 11 is 0.945. The highest BCUT2D eigenvalue weighted by Crippen LogP contribution is 2.29. The molecule has 0 fully saturated rings. The molecule has 0 unspecified atom stereocenters. The fourth-order valence-electron chi connectivity index (χ4n) is 2.32. The molecule has 11 heteroatoms. The number of thiazole rings is 1. The van der Waals surface area contributed by atoms with Crippen molar-refractivity contribution in [3.63, 3.8) is 0 Å². The molecule has 2 amide bonds. The summed E-state index contributed by atoms with van der Waals surface area (Å²) in [5, 5.41) is 12.8. The van der Waals surface area contributed by atoms with E-state index in [4.69, 9.17) is 0 Å². The van der Waals surface area contributed by atoms with Crippen LogP contribution in [-0.2, 0) is 19.3 Å². The molecule has 0 aliphatic carbocycles. The predicted octanol–water partition coefficient (Wildman–Crippen LogP) is 3.95. The number of halogens is 3. The second-order valence-electron chi connectivity index (χ2n) is 6.62. The summed E-state index contributed by atoms with van der Waals surface area (Å²) in [5.41, 5.74) is 0.688. The molecule has 2 rings (SSSR count). The number of alkyl halides is 3. The van der Waals surface area contributed by atoms with E-state index in [1.807, 2.05) is 32.9 Å². The summed E-state index contributed by atoms with van der Waals surface area (Å²) in [4.78, 5) is 19.7. The van der Waals surface area contributed by atoms with Gasteiger partial charge >= 0.3 is 12.2 Å². The topological polar surface area (TPSA) is 90.4 Å². The van der Waals surface area contributed by atoms with E-state index in [-0.39, 0.29) is 18.6 Å². The molecule has 0 atom stereocenters. The Morgan fingerprint density at radius 1 is 1.20 bits per heavy atom. The van der Waals surface area contributed by atoms with Crippen molar-refractivity contribution in [3.8, 4) is 0 Å². The third-order valence-electron chi connectivity index (χ3n) is 3.64. The van der Waals surface area contributed by atoms with Crippen LogP contribution in [0.4, 0.5) is 23.7 Å². The fourth-order valence-corrected chi connectivity index (χ4v) is 3.06. The Kier molecular flexibility index (Phi) is 8.46. The Balaban J connectivity index is 1.92. The van der Waals surface area contributed by atoms with Crippen molar-refractivity contribution >= 4 is 29.0 Å². The highest BCUT2D eigenvalue weighted by Gasteiger charge is 2.33. The first-order valence-corrected chi connectivity index (χ1v) is 10.3. The zero-order valence-corrected chi connectivity index (χ0v) is 17.7. The predicted molar refractivity (Wildman–Crippen MR) is 113 cm³/mol. The molecule has 1 aromatic heterocycles. The lowest BCUT2D eigenvalue weighted by molar-refractivity contribution is -0.140. The lowest BCUT2D eigenvalue weighted by Crippen LogP contribution is -2.36. The minimum Gasteiger partial charge on any atom is -0.357 e. The minimum absolute atomic E-state index is 0.0417. The SMILES string of the molecule is CCNC(=NCc1ccc(NC(=O)NC(C)C)cc1)NCc1nc(C(F)(F)F)cs1. The largest absolute Gasteiger partial charge is 0.434 e. The van der Waals surface area contributed by atoms with Gasteiger partial charge in [-0.1, -0.05) is 12.1 Å². The Labute approximate surface area is 177 Å². The maximum atomic E-state index is 12.6. The third-order valence-corrected chi connectivity index (χ3v) is 4.49. The Morgan fingerprint density at radius 2 is 1.90 bits per heavy atom. The van der Waals surface area contributed by atoms with Gasteiger partial charge in [-0.05, 0) is 38.5 Å². The van der Waals surface area contributed by atoms with E-state index in [9.17, 15) is 18.0 Å². The van der Waals surface area contributed by atoms with Gasteiger partial charge in [0.05, 0.1) is 13.1 Å². The Morgan fingerprint density at radius 3 is 2.47 bits per heavy atom. The maximum absolute atomic E-state index is 12.6. The van der Waals surface area contributed by atoms with Crippen LogP contribution in [-0.4, -0.2) is 29.6 Å². The third kappa shape index (κ3) is 7.90. The van der Waals surface area contributed by atoms with Gasteiger partial charge in [0.25, 0.3) is 0 Å². The molecular formula is C19H25F3N6OS. The van der Waals surface area contributed by atoms with Gasteiger partial charge in [0, 0.05) is 23.7 Å². The van der Waals surface area contributed by atoms with Gasteiger partial charge in [-0.3, -0.25) is 0 Å². The van der Waals surface area contributed by atoms with Crippen LogP contribution >= 0.6 is 11.3 Å². The molecule has 0 aliphatic heterocycles. The number of urea groups is 1. The molecule has 4 N–H and O–H groups in total. The quantitative estimate of drug-likeness (QED) is 0.386. The first kappa shape index (κ1) is 23.5. The number of carbonyl (C=O) groups is 1. The number of aromatic nitrogens is 1. The van der Waals surface area contributed by atoms with E-state index in [0.717, 1.165) is 22.3 Å². The van der Waals surface area contributed by atoms with Gasteiger partial charge in [-0.15, -0.1) is 11.3 Å². The van der Waals surface area contributed by atoms with Gasteiger partial charge in [0.1, 0.15) is 5.01 Å². The molecule has 0 aliphatic rings. The number of nitrogens with one attached hydrogen (secondary N) is 4. The fraction of sp³-hybridized carbons (Fsp3) is 0.421. The van der Waals surface area contributed by atoms with Crippen LogP contribution in [0, 0.1) is 0 Å². The van der Waals surface area contributed by atoms with Crippen molar-refractivity contribution in [2.45, 2.75) is 46.1 Å². The second kappa shape index (κ2) is 10.8. The summed E-state index contributed by atoms with van der Waals surface area (Å²) in [5.74, 6) is 0.472. The van der Waals surface area contributed by atoms with E-state index in [0.29, 0.717) is 29.7 Å². The lowest BCUT2D eigenvalue weighted by atomic mass is 10.2. The number of aliphatic imine (C=N–C) groups is 1. The normalized spacial score (nSPS) is 12.0. The molecule has 0 bridgehead atoms. The highest BCUT2D eigenvalue weighted by atomic mass is 32.1. The molecule has 30 heavy (non-hydrogen) atoms. The minimum atomic E-state index is -4.44. The van der Waals surface area contributed by atoms with E-state index in [2.05, 4.69) is 31.2 Å². The van der Waals surface area contributed by atoms with E-state index in [1.54, 1.807) is 12.1 Å². The number of benzene rings is 1. The van der Waals surface area contributed by atoms with Gasteiger partial charge in [-0.25, -0.2) is 14.8 Å². The number of guanidine groups is 1. The standard InChI is InChI=1S/C19H25F3N6OS/c1-4-23-17(25-10-16-28-15(11-30-16)19(20,21)22)24-9-13-5-7-14(8-6-13)27-18(29)26-12(2)3/h5-8,11-12H,4,9-10H2,1-3H3,(H2,23,24,25)(H2,26,27,29). The monoisotopic (exact) mass is 442 g/mol. The number of nitrogens with zero attached hydrogens (tertiary/aromatic N) is 2. The van der Waals surface area contributed by atoms with Gasteiger partial charge in [0.2, 0.25) is 0 Å². The van der Waals surface area contributed by atoms with Crippen LogP contribution in [0.2, 0.25) is 0 Å². The van der Waals surface area contributed by atoms with Crippen LogP contribution < -0.4 is 21.3 Å². The number of hydrogen-bond acceptors (Lipinski definition) is 4. The number of anilines is 1. The molecule has 0 saturated heterocycles. The van der Waals surface area contributed by atoms with Crippen molar-refractivity contribution in [1.29, 1.82) is 0 Å². The molecule has 1 heterocycles. The number of hydrogen-bond donors (Lipinski definition) is 4. The maximum Gasteiger partial charge on any atom is 0.434 e. The molecule has 164 valence electrons. The molecule has 2 aromatic rings. The smallest absolute Gasteiger partial charge is 0.357 e. The van der Waals surface area contributed by atoms with E-state index < -0.39 is 11.9 Å². The average molecular weight is 443 g/mol. The molecular weight excluding hydrogens is 417 g/mol. The molecule has 0 spiro atoms. The second-order valence-corrected chi connectivity index (χ2v) is 7.57. The summed E-state index contributed by atoms with van der Waals surface area (Å²) < 4.78 is 37.9. The molecule has 0 saturated carbocycles. The highest BCUT2D eigenvalue weighted by molar-refractivity contribution is 7.09. The summed E-state index contributed by atoms with van der Waals surface area (Å²) in [6.07, 6.45) is -4.44. The van der Waals surface area contributed by atoms with Gasteiger partial charge in [0.15, 0.2) is 11.7 Å². The first-order valence-electron chi connectivity index (χ1n) is 9.37. The molecule has 0 radical (unpaired) electrons. The number of carbonyl (C=O) groups excluding carboxylic acids is 1. The van der Waals surface area contributed by atoms with Crippen molar-refractivity contribution in [2.75, 3.05) is 11.9 Å². The van der Waals surface area contributed by atoms with Crippen LogP contribution in [0.15, 0.2) is 34.6 Å². The summed E-state index contributed by atoms with van der Waals surface area (Å²) in [6.45, 7) is 6.75. The Hall–Kier alpha value is -2.82. The van der Waals surface area contributed by atoms with Crippen molar-refractivity contribution < 1.29 is 18.0 Å². The summed E-state index contributed by atoms with van der Waals surface area (Å²) in [6, 6.07) is 7.01. The zero-order chi connectivity index (χ0) is 22.1. The van der Waals surface area contributed by atoms with Gasteiger partial charge < -0.3 is 21.3 Å². The van der Waals surface area contributed by atoms with Crippen LogP contribution in [0.3, 0.4) is 0 Å². The van der Waals surface area contributed by atoms with Gasteiger partial charge in [-0.2, -0.15) is 13.2 Å². The lowest BCUT2D eigenvalue weighted by Gasteiger charge is -2.11. The van der Waals surface area contributed by atoms with E-state index >= 15 is 0 Å². The zero-order valence-electron chi connectivity index (χ0n) is 16.9. The van der Waals surface area contributed by atoms with Crippen molar-refractivity contribution in [3.05, 3.63) is 45.9 Å². The molecule has 1 aromatic carbocycles. The Bertz CT molecular complexity index is 849. The number of rotatable bonds is 7. The first-order chi connectivity index (χ1) is 14.2. The van der Waals surface area contributed by atoms with Crippen molar-refractivity contribution in [1.82, 2.24) is 20.9 Å². The summed E-state index contributed by atoms with van der Waals surface area (Å²) in [7, 11) is 0. The van der Waals surface area contributed by atoms with Crippen LogP contribution in [0.5, 0.6) is 0 Å². The average Bonchev–Trinajstić information content (AvgIpc) is 3.14. The van der Waals surface area contributed by atoms with Crippen LogP contribution in [0.1, 0.15) is 37.0 Å². The number of amides is 2. The van der Waals surface area contributed by atoms with Crippen molar-refractivity contribution in [2.24, 2.45) is 4.99 Å². The molecule has 7 nitrogen and oxygen atoms in total.